The second kappa shape index (κ2) is 34.5. The van der Waals surface area contributed by atoms with Gasteiger partial charge >= 0.3 is 6.03 Å². The maximum atomic E-state index is 12.9. The molecule has 9 N–H and O–H groups in total. The third kappa shape index (κ3) is 23.7. The molecule has 0 spiro atoms. The summed E-state index contributed by atoms with van der Waals surface area (Å²) < 4.78 is 18.6. The Hall–Kier alpha value is -6.83. The molecule has 4 amide bonds. The molecule has 2 unspecified atom stereocenters. The standard InChI is InChI=1S/C27H34ClN5O4.C26H33ClN4O3.C4H9NOSi.3CH4/c1-16(2)37-24-10-9-20(14-22(24)28)26(35)31-21(11-12-34)13-18-5-7-19(8-6-18)23-15-33(4)25(32-23)17(3)30-27(29)36;1-16(2)34-24-10-9-20(14-22(24)27)26(33)29-21(11-12-32)13-18-5-7-19(8-6-18)23-15-31(4)25(30-23)17(3)28;1-7(2,3)5-4-6;;;/h5-10,14-17,21,34H,11-13H2,1-4H3,(H,31,35)(H3,29,30,36);5-10,14-17,21,32H,11-13,28H2,1-4H3,(H,29,33);1-3H3;3*1H4/t2*17?,21-;;;;/m11..../s1. The lowest BCUT2D eigenvalue weighted by atomic mass is 10.0. The van der Waals surface area contributed by atoms with Gasteiger partial charge in [0.25, 0.3) is 11.8 Å². The number of isocyanates is 1. The first-order valence-electron chi connectivity index (χ1n) is 25.7. The van der Waals surface area contributed by atoms with Gasteiger partial charge in [-0.2, -0.15) is 0 Å². The molecule has 0 bridgehead atoms. The Morgan fingerprint density at radius 3 is 1.33 bits per heavy atom. The van der Waals surface area contributed by atoms with E-state index < -0.39 is 14.3 Å². The van der Waals surface area contributed by atoms with E-state index in [0.717, 1.165) is 39.5 Å². The number of rotatable bonds is 22. The molecule has 21 heteroatoms. The number of benzene rings is 4. The number of nitrogens with two attached hydrogens (primary N) is 2. The van der Waals surface area contributed by atoms with Crippen molar-refractivity contribution < 1.29 is 38.9 Å². The van der Waals surface area contributed by atoms with Gasteiger partial charge in [-0.05, 0) is 134 Å². The number of amides is 4. The van der Waals surface area contributed by atoms with E-state index in [1.54, 1.807) is 42.5 Å². The van der Waals surface area contributed by atoms with E-state index in [-0.39, 0.29) is 83.7 Å². The van der Waals surface area contributed by atoms with Crippen LogP contribution in [0.1, 0.15) is 132 Å². The van der Waals surface area contributed by atoms with Gasteiger partial charge in [-0.25, -0.2) is 24.2 Å². The highest BCUT2D eigenvalue weighted by atomic mass is 35.5. The molecule has 6 aromatic rings. The number of aliphatic hydroxyl groups excluding tert-OH is 2. The van der Waals surface area contributed by atoms with Crippen LogP contribution in [0.25, 0.3) is 22.5 Å². The molecule has 0 aliphatic carbocycles. The van der Waals surface area contributed by atoms with Gasteiger partial charge in [0.15, 0.2) is 8.24 Å². The summed E-state index contributed by atoms with van der Waals surface area (Å²) in [5, 5.41) is 28.5. The molecule has 444 valence electrons. The third-order valence-electron chi connectivity index (χ3n) is 11.6. The number of halogens is 2. The Labute approximate surface area is 491 Å². The number of imidazole rings is 2. The number of aromatic nitrogens is 4. The number of hydrogen-bond acceptors (Lipinski definition) is 12. The van der Waals surface area contributed by atoms with Gasteiger partial charge in [-0.3, -0.25) is 9.59 Å². The average Bonchev–Trinajstić information content (AvgIpc) is 4.06. The van der Waals surface area contributed by atoms with E-state index in [2.05, 4.69) is 30.6 Å². The maximum Gasteiger partial charge on any atom is 0.312 e. The highest BCUT2D eigenvalue weighted by Gasteiger charge is 2.20. The molecule has 0 fully saturated rings. The van der Waals surface area contributed by atoms with Crippen molar-refractivity contribution in [2.75, 3.05) is 13.2 Å². The van der Waals surface area contributed by atoms with Crippen LogP contribution in [0.4, 0.5) is 4.79 Å². The maximum absolute atomic E-state index is 12.9. The van der Waals surface area contributed by atoms with Crippen molar-refractivity contribution in [1.29, 1.82) is 0 Å². The Morgan fingerprint density at radius 1 is 0.654 bits per heavy atom. The van der Waals surface area contributed by atoms with Gasteiger partial charge in [-0.1, -0.05) is 94.0 Å². The zero-order chi connectivity index (χ0) is 57.9. The lowest BCUT2D eigenvalue weighted by Gasteiger charge is -2.19. The molecule has 2 heterocycles. The number of ether oxygens (including phenoxy) is 2. The largest absolute Gasteiger partial charge is 0.489 e. The molecule has 0 saturated carbocycles. The first-order chi connectivity index (χ1) is 36.8. The van der Waals surface area contributed by atoms with Crippen LogP contribution in [0, 0.1) is 0 Å². The molecule has 81 heavy (non-hydrogen) atoms. The summed E-state index contributed by atoms with van der Waals surface area (Å²) in [7, 11) is 2.34. The van der Waals surface area contributed by atoms with Crippen molar-refractivity contribution >= 4 is 55.4 Å². The molecule has 18 nitrogen and oxygen atoms in total. The van der Waals surface area contributed by atoms with Gasteiger partial charge in [0.2, 0.25) is 6.08 Å². The minimum atomic E-state index is -1.46. The molecule has 0 aliphatic rings. The van der Waals surface area contributed by atoms with Gasteiger partial charge in [0.05, 0.1) is 45.7 Å². The monoisotopic (exact) mass is 1170 g/mol. The predicted molar refractivity (Wildman–Crippen MR) is 330 cm³/mol. The van der Waals surface area contributed by atoms with Crippen LogP contribution in [-0.2, 0) is 31.7 Å². The third-order valence-corrected chi connectivity index (χ3v) is 12.9. The molecule has 0 saturated heterocycles. The molecule has 0 radical (unpaired) electrons. The van der Waals surface area contributed by atoms with E-state index in [4.69, 9.17) is 44.1 Å². The summed E-state index contributed by atoms with van der Waals surface area (Å²) in [6.07, 6.45) is 7.33. The first-order valence-corrected chi connectivity index (χ1v) is 29.9. The van der Waals surface area contributed by atoms with Gasteiger partial charge in [-0.15, -0.1) is 0 Å². The summed E-state index contributed by atoms with van der Waals surface area (Å²) in [6, 6.07) is 24.3. The van der Waals surface area contributed by atoms with Crippen LogP contribution in [0.15, 0.2) is 102 Å². The van der Waals surface area contributed by atoms with Crippen LogP contribution < -0.4 is 36.9 Å². The Morgan fingerprint density at radius 2 is 1.04 bits per heavy atom. The number of urea groups is 1. The number of carbonyl (C=O) groups is 3. The molecule has 4 aromatic carbocycles. The Balaban J connectivity index is 0.000000702. The average molecular weight is 1180 g/mol. The summed E-state index contributed by atoms with van der Waals surface area (Å²) in [4.78, 5) is 55.7. The molecular formula is C60H88Cl2N10O8Si. The summed E-state index contributed by atoms with van der Waals surface area (Å²) in [5.74, 6) is 2.07. The number of carbonyl (C=O) groups excluding carboxylic acids is 4. The zero-order valence-electron chi connectivity index (χ0n) is 46.4. The van der Waals surface area contributed by atoms with E-state index in [9.17, 15) is 29.4 Å². The topological polar surface area (TPSA) is 263 Å². The normalized spacial score (nSPS) is 12.2. The van der Waals surface area contributed by atoms with Crippen molar-refractivity contribution in [2.45, 2.75) is 146 Å². The van der Waals surface area contributed by atoms with Crippen molar-refractivity contribution in [3.8, 4) is 34.0 Å². The van der Waals surface area contributed by atoms with Crippen LogP contribution >= 0.6 is 23.2 Å². The number of nitrogens with one attached hydrogen (secondary N) is 3. The number of aryl methyl sites for hydroxylation is 2. The summed E-state index contributed by atoms with van der Waals surface area (Å²) >= 11 is 12.6. The summed E-state index contributed by atoms with van der Waals surface area (Å²) in [5.41, 5.74) is 17.7. The highest BCUT2D eigenvalue weighted by Crippen LogP contribution is 2.29. The van der Waals surface area contributed by atoms with Crippen LogP contribution in [-0.4, -0.2) is 99.0 Å². The Kier molecular flexibility index (Phi) is 30.7. The Bertz CT molecular complexity index is 2950. The minimum absolute atomic E-state index is 0. The van der Waals surface area contributed by atoms with E-state index >= 15 is 0 Å². The highest BCUT2D eigenvalue weighted by molar-refractivity contribution is 6.74. The zero-order valence-corrected chi connectivity index (χ0v) is 48.9. The quantitative estimate of drug-likeness (QED) is 0.0191. The fraction of sp³-hybridized carbons (Fsp3) is 0.433. The number of aliphatic hydroxyl groups is 2. The molecular weight excluding hydrogens is 1090 g/mol. The van der Waals surface area contributed by atoms with E-state index in [1.165, 1.54) is 0 Å². The summed E-state index contributed by atoms with van der Waals surface area (Å²) in [6.45, 7) is 17.2. The van der Waals surface area contributed by atoms with Gasteiger partial charge in [0, 0.05) is 74.0 Å². The first kappa shape index (κ1) is 72.2. The molecule has 2 aromatic heterocycles. The number of hydrogen-bond donors (Lipinski definition) is 7. The van der Waals surface area contributed by atoms with Crippen molar-refractivity contribution in [1.82, 2.24) is 35.1 Å². The second-order valence-electron chi connectivity index (χ2n) is 20.4. The van der Waals surface area contributed by atoms with Crippen molar-refractivity contribution in [3.05, 3.63) is 141 Å². The fourth-order valence-corrected chi connectivity index (χ4v) is 8.68. The number of nitrogens with zero attached hydrogens (tertiary/aromatic N) is 5. The van der Waals surface area contributed by atoms with E-state index in [0.29, 0.717) is 64.2 Å². The lowest BCUT2D eigenvalue weighted by Crippen LogP contribution is -2.37. The second-order valence-corrected chi connectivity index (χ2v) is 25.8. The lowest BCUT2D eigenvalue weighted by molar-refractivity contribution is 0.0921. The fourth-order valence-electron chi connectivity index (χ4n) is 7.95. The van der Waals surface area contributed by atoms with Crippen LogP contribution in [0.2, 0.25) is 29.7 Å². The van der Waals surface area contributed by atoms with Crippen molar-refractivity contribution in [2.24, 2.45) is 30.2 Å². The van der Waals surface area contributed by atoms with Gasteiger partial charge in [0.1, 0.15) is 23.1 Å². The van der Waals surface area contributed by atoms with Crippen LogP contribution in [0.5, 0.6) is 11.5 Å². The van der Waals surface area contributed by atoms with Gasteiger partial charge < -0.3 is 56.2 Å². The minimum Gasteiger partial charge on any atom is -0.489 e. The number of primary amides is 1. The SMILES string of the molecule is C.C.C.CC(C)Oc1ccc(C(=O)N[C@H](CCO)Cc2ccc(-c3cn(C)c(C(C)N)n3)cc2)cc1Cl.CC(C)Oc1ccc(C(=O)N[C@H](CCO)Cc2ccc(-c3cn(C)c(C(C)NC(N)=O)n3)cc2)cc1Cl.C[Si](C)(C)N=C=O. The molecule has 6 rings (SSSR count). The molecule has 4 atom stereocenters. The predicted octanol–water partition coefficient (Wildman–Crippen LogP) is 11.3. The molecule has 0 aliphatic heterocycles. The van der Waals surface area contributed by atoms with Crippen molar-refractivity contribution in [3.63, 3.8) is 0 Å². The smallest absolute Gasteiger partial charge is 0.312 e. The van der Waals surface area contributed by atoms with Crippen LogP contribution in [0.3, 0.4) is 0 Å². The van der Waals surface area contributed by atoms with E-state index in [1.807, 2.05) is 145 Å².